The summed E-state index contributed by atoms with van der Waals surface area (Å²) in [4.78, 5) is 18.7. The highest BCUT2D eigenvalue weighted by Gasteiger charge is 2.22. The maximum atomic E-state index is 12.4. The fourth-order valence-electron chi connectivity index (χ4n) is 3.81. The maximum Gasteiger partial charge on any atom is 0.275 e. The normalized spacial score (nSPS) is 14.1. The summed E-state index contributed by atoms with van der Waals surface area (Å²) in [5.41, 5.74) is 3.69. The number of oxazole rings is 1. The SMILES string of the molecule is O=C(c1coc(-c2ccc(Cn3ccc4ccccc43)cc2)n1)N1CCCC1. The second-order valence-corrected chi connectivity index (χ2v) is 7.24. The molecule has 0 spiro atoms. The molecule has 5 heteroatoms. The van der Waals surface area contributed by atoms with Crippen LogP contribution in [0.2, 0.25) is 0 Å². The molecule has 5 rings (SSSR count). The maximum absolute atomic E-state index is 12.4. The summed E-state index contributed by atoms with van der Waals surface area (Å²) in [5, 5.41) is 1.24. The number of nitrogens with zero attached hydrogens (tertiary/aromatic N) is 3. The highest BCUT2D eigenvalue weighted by molar-refractivity contribution is 5.92. The molecule has 2 aromatic heterocycles. The zero-order chi connectivity index (χ0) is 18.9. The zero-order valence-corrected chi connectivity index (χ0v) is 15.5. The molecule has 0 unspecified atom stereocenters. The third kappa shape index (κ3) is 3.09. The van der Waals surface area contributed by atoms with Crippen LogP contribution in [0.3, 0.4) is 0 Å². The minimum absolute atomic E-state index is 0.0383. The third-order valence-corrected chi connectivity index (χ3v) is 5.35. The molecule has 28 heavy (non-hydrogen) atoms. The number of hydrogen-bond donors (Lipinski definition) is 0. The molecule has 140 valence electrons. The molecule has 1 amide bonds. The Morgan fingerprint density at radius 1 is 1.00 bits per heavy atom. The minimum Gasteiger partial charge on any atom is -0.444 e. The van der Waals surface area contributed by atoms with E-state index in [0.717, 1.165) is 38.0 Å². The predicted octanol–water partition coefficient (Wildman–Crippen LogP) is 4.58. The summed E-state index contributed by atoms with van der Waals surface area (Å²) < 4.78 is 7.81. The molecule has 1 aliphatic heterocycles. The second-order valence-electron chi connectivity index (χ2n) is 7.24. The first-order chi connectivity index (χ1) is 13.8. The number of rotatable bonds is 4. The first-order valence-electron chi connectivity index (χ1n) is 9.66. The van der Waals surface area contributed by atoms with Crippen LogP contribution in [0, 0.1) is 0 Å². The van der Waals surface area contributed by atoms with E-state index in [1.165, 1.54) is 22.7 Å². The summed E-state index contributed by atoms with van der Waals surface area (Å²) in [5.74, 6) is 0.448. The molecule has 4 aromatic rings. The Hall–Kier alpha value is -3.34. The van der Waals surface area contributed by atoms with Crippen LogP contribution in [0.4, 0.5) is 0 Å². The molecular formula is C23H21N3O2. The van der Waals surface area contributed by atoms with Crippen LogP contribution in [0.1, 0.15) is 28.9 Å². The first kappa shape index (κ1) is 16.8. The Labute approximate surface area is 163 Å². The largest absolute Gasteiger partial charge is 0.444 e. The van der Waals surface area contributed by atoms with Gasteiger partial charge in [0.25, 0.3) is 5.91 Å². The van der Waals surface area contributed by atoms with Crippen molar-refractivity contribution in [2.24, 2.45) is 0 Å². The molecule has 2 aromatic carbocycles. The van der Waals surface area contributed by atoms with Crippen LogP contribution >= 0.6 is 0 Å². The van der Waals surface area contributed by atoms with Gasteiger partial charge in [-0.2, -0.15) is 0 Å². The Kier molecular flexibility index (Phi) is 4.20. The monoisotopic (exact) mass is 371 g/mol. The number of hydrogen-bond acceptors (Lipinski definition) is 3. The van der Waals surface area contributed by atoms with Crippen molar-refractivity contribution >= 4 is 16.8 Å². The molecule has 0 saturated carbocycles. The first-order valence-corrected chi connectivity index (χ1v) is 9.66. The predicted molar refractivity (Wildman–Crippen MR) is 108 cm³/mol. The molecule has 1 aliphatic rings. The van der Waals surface area contributed by atoms with Gasteiger partial charge in [0.2, 0.25) is 5.89 Å². The van der Waals surface area contributed by atoms with Gasteiger partial charge in [0.15, 0.2) is 5.69 Å². The van der Waals surface area contributed by atoms with E-state index in [4.69, 9.17) is 4.42 Å². The van der Waals surface area contributed by atoms with Gasteiger partial charge in [-0.15, -0.1) is 0 Å². The molecule has 5 nitrogen and oxygen atoms in total. The average molecular weight is 371 g/mol. The summed E-state index contributed by atoms with van der Waals surface area (Å²) in [6, 6.07) is 18.7. The van der Waals surface area contributed by atoms with Crippen molar-refractivity contribution in [2.45, 2.75) is 19.4 Å². The lowest BCUT2D eigenvalue weighted by Gasteiger charge is -2.12. The lowest BCUT2D eigenvalue weighted by atomic mass is 10.1. The third-order valence-electron chi connectivity index (χ3n) is 5.35. The van der Waals surface area contributed by atoms with Crippen molar-refractivity contribution in [3.8, 4) is 11.5 Å². The Bertz CT molecular complexity index is 1120. The van der Waals surface area contributed by atoms with Crippen LogP contribution in [0.15, 0.2) is 71.5 Å². The van der Waals surface area contributed by atoms with E-state index in [9.17, 15) is 4.79 Å². The number of likely N-dealkylation sites (tertiary alicyclic amines) is 1. The summed E-state index contributed by atoms with van der Waals surface area (Å²) in [6.07, 6.45) is 5.71. The number of amides is 1. The van der Waals surface area contributed by atoms with E-state index in [-0.39, 0.29) is 5.91 Å². The standard InChI is InChI=1S/C23H21N3O2/c27-23(25-12-3-4-13-25)20-16-28-22(24-20)19-9-7-17(8-10-19)15-26-14-11-18-5-1-2-6-21(18)26/h1-2,5-11,14,16H,3-4,12-13,15H2. The minimum atomic E-state index is -0.0383. The van der Waals surface area contributed by atoms with E-state index in [1.807, 2.05) is 17.0 Å². The van der Waals surface area contributed by atoms with Gasteiger partial charge in [-0.3, -0.25) is 4.79 Å². The lowest BCUT2D eigenvalue weighted by Crippen LogP contribution is -2.27. The smallest absolute Gasteiger partial charge is 0.275 e. The van der Waals surface area contributed by atoms with Gasteiger partial charge in [0.05, 0.1) is 0 Å². The summed E-state index contributed by atoms with van der Waals surface area (Å²) in [7, 11) is 0. The van der Waals surface area contributed by atoms with Gasteiger partial charge in [0, 0.05) is 36.9 Å². The Morgan fingerprint density at radius 2 is 1.79 bits per heavy atom. The van der Waals surface area contributed by atoms with Crippen molar-refractivity contribution in [1.82, 2.24) is 14.5 Å². The van der Waals surface area contributed by atoms with E-state index in [0.29, 0.717) is 11.6 Å². The summed E-state index contributed by atoms with van der Waals surface area (Å²) >= 11 is 0. The average Bonchev–Trinajstić information content (AvgIpc) is 3.49. The molecule has 1 fully saturated rings. The fraction of sp³-hybridized carbons (Fsp3) is 0.217. The fourth-order valence-corrected chi connectivity index (χ4v) is 3.81. The topological polar surface area (TPSA) is 51.3 Å². The van der Waals surface area contributed by atoms with Crippen LogP contribution in [-0.2, 0) is 6.54 Å². The van der Waals surface area contributed by atoms with E-state index < -0.39 is 0 Å². The molecule has 1 saturated heterocycles. The van der Waals surface area contributed by atoms with E-state index in [2.05, 4.69) is 58.2 Å². The van der Waals surface area contributed by atoms with Crippen molar-refractivity contribution in [3.05, 3.63) is 78.3 Å². The van der Waals surface area contributed by atoms with E-state index >= 15 is 0 Å². The van der Waals surface area contributed by atoms with Crippen LogP contribution < -0.4 is 0 Å². The number of carbonyl (C=O) groups excluding carboxylic acids is 1. The number of benzene rings is 2. The lowest BCUT2D eigenvalue weighted by molar-refractivity contribution is 0.0787. The molecule has 0 radical (unpaired) electrons. The molecule has 0 bridgehead atoms. The molecule has 0 aliphatic carbocycles. The number of carbonyl (C=O) groups is 1. The highest BCUT2D eigenvalue weighted by Crippen LogP contribution is 2.22. The quantitative estimate of drug-likeness (QED) is 0.528. The van der Waals surface area contributed by atoms with Gasteiger partial charge in [0.1, 0.15) is 6.26 Å². The molecule has 0 N–H and O–H groups in total. The van der Waals surface area contributed by atoms with Crippen LogP contribution in [0.25, 0.3) is 22.4 Å². The molecular weight excluding hydrogens is 350 g/mol. The van der Waals surface area contributed by atoms with Gasteiger partial charge in [-0.1, -0.05) is 30.3 Å². The van der Waals surface area contributed by atoms with Crippen molar-refractivity contribution in [3.63, 3.8) is 0 Å². The zero-order valence-electron chi connectivity index (χ0n) is 15.5. The Balaban J connectivity index is 1.33. The molecule has 0 atom stereocenters. The number of aromatic nitrogens is 2. The Morgan fingerprint density at radius 3 is 2.61 bits per heavy atom. The van der Waals surface area contributed by atoms with Crippen molar-refractivity contribution in [2.75, 3.05) is 13.1 Å². The number of fused-ring (bicyclic) bond motifs is 1. The van der Waals surface area contributed by atoms with Gasteiger partial charge >= 0.3 is 0 Å². The van der Waals surface area contributed by atoms with E-state index in [1.54, 1.807) is 0 Å². The van der Waals surface area contributed by atoms with Gasteiger partial charge in [-0.25, -0.2) is 4.98 Å². The van der Waals surface area contributed by atoms with Crippen LogP contribution in [0.5, 0.6) is 0 Å². The van der Waals surface area contributed by atoms with Crippen LogP contribution in [-0.4, -0.2) is 33.4 Å². The highest BCUT2D eigenvalue weighted by atomic mass is 16.3. The van der Waals surface area contributed by atoms with Gasteiger partial charge in [-0.05, 0) is 48.1 Å². The van der Waals surface area contributed by atoms with Crippen molar-refractivity contribution in [1.29, 1.82) is 0 Å². The van der Waals surface area contributed by atoms with Crippen molar-refractivity contribution < 1.29 is 9.21 Å². The summed E-state index contributed by atoms with van der Waals surface area (Å²) in [6.45, 7) is 2.42. The second kappa shape index (κ2) is 7.00. The molecule has 3 heterocycles. The number of para-hydroxylation sites is 1. The van der Waals surface area contributed by atoms with Gasteiger partial charge < -0.3 is 13.9 Å².